The van der Waals surface area contributed by atoms with Crippen molar-refractivity contribution in [2.24, 2.45) is 0 Å². The second-order valence-electron chi connectivity index (χ2n) is 2.03. The van der Waals surface area contributed by atoms with Gasteiger partial charge >= 0.3 is 0 Å². The standard InChI is InChI=1S/C7H4FN2.Y/c8-6-1-2-7-5(3-6)4-9-10-7;/h1-3H,(H,9,10);/q-1;. The number of nitrogens with one attached hydrogen (secondary N) is 1. The number of rotatable bonds is 0. The van der Waals surface area contributed by atoms with Crippen LogP contribution >= 0.6 is 0 Å². The van der Waals surface area contributed by atoms with Gasteiger partial charge in [-0.15, -0.1) is 11.5 Å². The van der Waals surface area contributed by atoms with E-state index < -0.39 is 0 Å². The predicted molar refractivity (Wildman–Crippen MR) is 34.9 cm³/mol. The number of fused-ring (bicyclic) bond motifs is 1. The minimum Gasteiger partial charge on any atom is -0.344 e. The van der Waals surface area contributed by atoms with Crippen LogP contribution in [-0.4, -0.2) is 10.2 Å². The first-order valence-corrected chi connectivity index (χ1v) is 2.87. The number of hydrogen-bond donors (Lipinski definition) is 1. The second kappa shape index (κ2) is 3.41. The van der Waals surface area contributed by atoms with Crippen LogP contribution in [0.2, 0.25) is 0 Å². The molecule has 0 unspecified atom stereocenters. The maximum Gasteiger partial charge on any atom is 0.0680 e. The third-order valence-electron chi connectivity index (χ3n) is 1.33. The minimum absolute atomic E-state index is 0. The van der Waals surface area contributed by atoms with Crippen LogP contribution in [0.4, 0.5) is 4.39 Å². The Morgan fingerprint density at radius 3 is 3.09 bits per heavy atom. The van der Waals surface area contributed by atoms with Crippen molar-refractivity contribution >= 4 is 10.9 Å². The molecule has 1 N–H and O–H groups in total. The van der Waals surface area contributed by atoms with Gasteiger partial charge in [0.25, 0.3) is 0 Å². The van der Waals surface area contributed by atoms with Crippen LogP contribution in [0.1, 0.15) is 0 Å². The summed E-state index contributed by atoms with van der Waals surface area (Å²) in [6, 6.07) is 4.40. The van der Waals surface area contributed by atoms with Crippen molar-refractivity contribution in [3.05, 3.63) is 30.2 Å². The fourth-order valence-electron chi connectivity index (χ4n) is 0.855. The van der Waals surface area contributed by atoms with Crippen molar-refractivity contribution in [1.29, 1.82) is 0 Å². The molecule has 1 radical (unpaired) electrons. The van der Waals surface area contributed by atoms with E-state index in [-0.39, 0.29) is 38.5 Å². The number of nitrogens with zero attached hydrogens (tertiary/aromatic N) is 1. The Hall–Kier alpha value is -0.276. The first kappa shape index (κ1) is 8.82. The van der Waals surface area contributed by atoms with Crippen molar-refractivity contribution in [3.63, 3.8) is 0 Å². The summed E-state index contributed by atoms with van der Waals surface area (Å²) < 4.78 is 12.5. The molecule has 0 aliphatic heterocycles. The smallest absolute Gasteiger partial charge is 0.0680 e. The number of hydrogen-bond acceptors (Lipinski definition) is 1. The average molecular weight is 224 g/mol. The fraction of sp³-hybridized carbons (Fsp3) is 0. The van der Waals surface area contributed by atoms with E-state index in [1.54, 1.807) is 6.07 Å². The van der Waals surface area contributed by atoms with E-state index in [1.165, 1.54) is 12.1 Å². The molecule has 0 spiro atoms. The molecule has 53 valence electrons. The van der Waals surface area contributed by atoms with Crippen molar-refractivity contribution in [2.75, 3.05) is 0 Å². The Morgan fingerprint density at radius 1 is 1.45 bits per heavy atom. The molecular weight excluding hydrogens is 220 g/mol. The summed E-state index contributed by atoms with van der Waals surface area (Å²) in [5.41, 5.74) is 0.807. The van der Waals surface area contributed by atoms with Crippen molar-refractivity contribution < 1.29 is 37.1 Å². The van der Waals surface area contributed by atoms with Crippen molar-refractivity contribution in [3.8, 4) is 0 Å². The zero-order valence-corrected chi connectivity index (χ0v) is 8.47. The Kier molecular flexibility index (Phi) is 2.74. The molecule has 2 rings (SSSR count). The van der Waals surface area contributed by atoms with E-state index in [0.29, 0.717) is 5.39 Å². The molecular formula is C7H4FN2Y-. The number of H-pyrrole nitrogens is 1. The van der Waals surface area contributed by atoms with E-state index >= 15 is 0 Å². The van der Waals surface area contributed by atoms with E-state index in [0.717, 1.165) is 5.52 Å². The third-order valence-corrected chi connectivity index (χ3v) is 1.33. The van der Waals surface area contributed by atoms with Crippen LogP contribution in [0, 0.1) is 12.0 Å². The van der Waals surface area contributed by atoms with Crippen LogP contribution in [0.15, 0.2) is 18.2 Å². The molecule has 0 aliphatic rings. The molecule has 0 saturated carbocycles. The topological polar surface area (TPSA) is 28.7 Å². The van der Waals surface area contributed by atoms with Gasteiger partial charge in [-0.3, -0.25) is 5.10 Å². The van der Waals surface area contributed by atoms with Crippen LogP contribution < -0.4 is 0 Å². The molecule has 2 nitrogen and oxygen atoms in total. The molecule has 1 aromatic heterocycles. The number of benzene rings is 1. The summed E-state index contributed by atoms with van der Waals surface area (Å²) in [5.74, 6) is -0.259. The van der Waals surface area contributed by atoms with Gasteiger partial charge < -0.3 is 5.10 Å². The molecule has 0 saturated heterocycles. The van der Waals surface area contributed by atoms with Gasteiger partial charge in [-0.1, -0.05) is 6.07 Å². The van der Waals surface area contributed by atoms with Gasteiger partial charge in [0.1, 0.15) is 0 Å². The summed E-state index contributed by atoms with van der Waals surface area (Å²) in [4.78, 5) is 0. The molecule has 2 aromatic rings. The maximum atomic E-state index is 12.5. The monoisotopic (exact) mass is 224 g/mol. The van der Waals surface area contributed by atoms with E-state index in [9.17, 15) is 4.39 Å². The number of halogens is 1. The second-order valence-corrected chi connectivity index (χ2v) is 2.03. The van der Waals surface area contributed by atoms with E-state index in [4.69, 9.17) is 0 Å². The zero-order chi connectivity index (χ0) is 6.97. The van der Waals surface area contributed by atoms with Crippen LogP contribution in [0.25, 0.3) is 10.9 Å². The SMILES string of the molecule is Fc1ccc2[nH]n[c-]c2c1.[Y]. The summed E-state index contributed by atoms with van der Waals surface area (Å²) in [7, 11) is 0. The van der Waals surface area contributed by atoms with Crippen LogP contribution in [0.5, 0.6) is 0 Å². The molecule has 4 heteroatoms. The molecule has 1 aromatic carbocycles. The molecule has 0 bridgehead atoms. The maximum absolute atomic E-state index is 12.5. The largest absolute Gasteiger partial charge is 0.344 e. The summed E-state index contributed by atoms with van der Waals surface area (Å²) in [6.07, 6.45) is 2.61. The van der Waals surface area contributed by atoms with Crippen LogP contribution in [0.3, 0.4) is 0 Å². The Labute approximate surface area is 88.1 Å². The average Bonchev–Trinajstić information content (AvgIpc) is 2.33. The first-order chi connectivity index (χ1) is 4.86. The van der Waals surface area contributed by atoms with Gasteiger partial charge in [0.05, 0.1) is 5.82 Å². The molecule has 0 aliphatic carbocycles. The van der Waals surface area contributed by atoms with Crippen LogP contribution in [-0.2, 0) is 32.7 Å². The first-order valence-electron chi connectivity index (χ1n) is 2.87. The van der Waals surface area contributed by atoms with Gasteiger partial charge in [-0.25, -0.2) is 4.39 Å². The Bertz CT molecular complexity index is 358. The normalized spacial score (nSPS) is 9.55. The minimum atomic E-state index is -0.259. The third kappa shape index (κ3) is 1.65. The fourth-order valence-corrected chi connectivity index (χ4v) is 0.855. The molecule has 0 atom stereocenters. The molecule has 1 heterocycles. The van der Waals surface area contributed by atoms with Gasteiger partial charge in [0, 0.05) is 32.7 Å². The Balaban J connectivity index is 0.000000605. The Morgan fingerprint density at radius 2 is 2.27 bits per heavy atom. The van der Waals surface area contributed by atoms with Gasteiger partial charge in [-0.05, 0) is 17.8 Å². The molecule has 0 amide bonds. The van der Waals surface area contributed by atoms with Crippen molar-refractivity contribution in [1.82, 2.24) is 10.2 Å². The predicted octanol–water partition coefficient (Wildman–Crippen LogP) is 1.50. The molecule has 11 heavy (non-hydrogen) atoms. The summed E-state index contributed by atoms with van der Waals surface area (Å²) >= 11 is 0. The van der Waals surface area contributed by atoms with Crippen molar-refractivity contribution in [2.45, 2.75) is 0 Å². The van der Waals surface area contributed by atoms with Gasteiger partial charge in [0.15, 0.2) is 0 Å². The zero-order valence-electron chi connectivity index (χ0n) is 5.63. The summed E-state index contributed by atoms with van der Waals surface area (Å²) in [6.45, 7) is 0. The van der Waals surface area contributed by atoms with E-state index in [1.807, 2.05) is 0 Å². The number of aromatic amines is 1. The van der Waals surface area contributed by atoms with E-state index in [2.05, 4.69) is 16.4 Å². The molecule has 0 fully saturated rings. The quantitative estimate of drug-likeness (QED) is 0.675. The van der Waals surface area contributed by atoms with Gasteiger partial charge in [0.2, 0.25) is 0 Å². The number of aromatic nitrogens is 2. The van der Waals surface area contributed by atoms with Gasteiger partial charge in [-0.2, -0.15) is 0 Å². The summed E-state index contributed by atoms with van der Waals surface area (Å²) in [5, 5.41) is 6.98.